The van der Waals surface area contributed by atoms with E-state index in [1.165, 1.54) is 6.07 Å². The minimum absolute atomic E-state index is 0.0583. The number of rotatable bonds is 4. The third-order valence-corrected chi connectivity index (χ3v) is 3.42. The molecule has 1 aliphatic rings. The van der Waals surface area contributed by atoms with E-state index in [-0.39, 0.29) is 18.3 Å². The summed E-state index contributed by atoms with van der Waals surface area (Å²) in [6.07, 6.45) is 0. The van der Waals surface area contributed by atoms with Crippen molar-refractivity contribution in [1.29, 1.82) is 0 Å². The molecule has 0 bridgehead atoms. The largest absolute Gasteiger partial charge is 0.351 e. The lowest BCUT2D eigenvalue weighted by Gasteiger charge is -2.33. The number of hydrogen-bond acceptors (Lipinski definition) is 3. The molecule has 19 heavy (non-hydrogen) atoms. The van der Waals surface area contributed by atoms with Crippen molar-refractivity contribution >= 4 is 5.91 Å². The van der Waals surface area contributed by atoms with Crippen LogP contribution in [0, 0.1) is 5.82 Å². The van der Waals surface area contributed by atoms with Gasteiger partial charge in [-0.3, -0.25) is 9.69 Å². The van der Waals surface area contributed by atoms with Gasteiger partial charge in [-0.25, -0.2) is 4.39 Å². The number of piperazine rings is 1. The molecule has 1 aromatic rings. The first-order chi connectivity index (χ1) is 9.16. The van der Waals surface area contributed by atoms with Crippen LogP contribution in [0.4, 0.5) is 4.39 Å². The number of hydrogen-bond donors (Lipinski definition) is 2. The molecule has 0 aliphatic carbocycles. The molecule has 1 fully saturated rings. The fraction of sp³-hybridized carbons (Fsp3) is 0.500. The van der Waals surface area contributed by atoms with Gasteiger partial charge in [-0.1, -0.05) is 18.2 Å². The molecule has 0 unspecified atom stereocenters. The van der Waals surface area contributed by atoms with E-state index in [9.17, 15) is 9.18 Å². The molecule has 104 valence electrons. The first-order valence-corrected chi connectivity index (χ1v) is 6.61. The molecule has 1 aliphatic heterocycles. The Hall–Kier alpha value is -1.46. The highest BCUT2D eigenvalue weighted by Crippen LogP contribution is 2.06. The van der Waals surface area contributed by atoms with E-state index in [1.54, 1.807) is 18.2 Å². The second-order valence-corrected chi connectivity index (χ2v) is 4.89. The maximum Gasteiger partial charge on any atom is 0.234 e. The zero-order chi connectivity index (χ0) is 13.7. The van der Waals surface area contributed by atoms with Crippen LogP contribution in [0.2, 0.25) is 0 Å². The van der Waals surface area contributed by atoms with E-state index in [2.05, 4.69) is 22.5 Å². The highest BCUT2D eigenvalue weighted by molar-refractivity contribution is 5.78. The summed E-state index contributed by atoms with van der Waals surface area (Å²) in [6.45, 7) is 5.39. The van der Waals surface area contributed by atoms with Gasteiger partial charge < -0.3 is 10.6 Å². The van der Waals surface area contributed by atoms with Crippen molar-refractivity contribution in [3.8, 4) is 0 Å². The lowest BCUT2D eigenvalue weighted by molar-refractivity contribution is -0.123. The number of halogens is 1. The fourth-order valence-corrected chi connectivity index (χ4v) is 2.19. The summed E-state index contributed by atoms with van der Waals surface area (Å²) < 4.78 is 13.4. The van der Waals surface area contributed by atoms with Crippen LogP contribution in [0.1, 0.15) is 12.5 Å². The first-order valence-electron chi connectivity index (χ1n) is 6.61. The Morgan fingerprint density at radius 3 is 3.05 bits per heavy atom. The van der Waals surface area contributed by atoms with E-state index in [1.807, 2.05) is 0 Å². The zero-order valence-corrected chi connectivity index (χ0v) is 11.2. The van der Waals surface area contributed by atoms with Gasteiger partial charge in [0.15, 0.2) is 0 Å². The Morgan fingerprint density at radius 2 is 2.32 bits per heavy atom. The van der Waals surface area contributed by atoms with Gasteiger partial charge in [0.05, 0.1) is 6.54 Å². The van der Waals surface area contributed by atoms with Gasteiger partial charge in [0.2, 0.25) is 5.91 Å². The predicted octanol–water partition coefficient (Wildman–Crippen LogP) is 0.736. The summed E-state index contributed by atoms with van der Waals surface area (Å²) in [4.78, 5) is 14.0. The molecule has 0 saturated carbocycles. The Morgan fingerprint density at radius 1 is 1.53 bits per heavy atom. The van der Waals surface area contributed by atoms with E-state index in [0.717, 1.165) is 19.6 Å². The second-order valence-electron chi connectivity index (χ2n) is 4.89. The fourth-order valence-electron chi connectivity index (χ4n) is 2.19. The molecule has 2 rings (SSSR count). The van der Waals surface area contributed by atoms with Gasteiger partial charge in [-0.2, -0.15) is 0 Å². The second kappa shape index (κ2) is 6.63. The Bertz CT molecular complexity index is 438. The van der Waals surface area contributed by atoms with Crippen molar-refractivity contribution in [3.05, 3.63) is 35.6 Å². The van der Waals surface area contributed by atoms with Crippen LogP contribution in [-0.4, -0.2) is 43.0 Å². The quantitative estimate of drug-likeness (QED) is 0.844. The summed E-state index contributed by atoms with van der Waals surface area (Å²) in [5.41, 5.74) is 0.518. The maximum absolute atomic E-state index is 13.4. The van der Waals surface area contributed by atoms with Crippen LogP contribution >= 0.6 is 0 Å². The van der Waals surface area contributed by atoms with Crippen LogP contribution in [-0.2, 0) is 11.3 Å². The first kappa shape index (κ1) is 14.0. The third-order valence-electron chi connectivity index (χ3n) is 3.42. The van der Waals surface area contributed by atoms with Gasteiger partial charge in [0.25, 0.3) is 0 Å². The molecule has 1 atom stereocenters. The van der Waals surface area contributed by atoms with Crippen molar-refractivity contribution in [1.82, 2.24) is 15.5 Å². The Labute approximate surface area is 113 Å². The molecule has 0 spiro atoms. The monoisotopic (exact) mass is 265 g/mol. The number of carbonyl (C=O) groups is 1. The molecule has 1 heterocycles. The van der Waals surface area contributed by atoms with Gasteiger partial charge in [0, 0.05) is 37.8 Å². The van der Waals surface area contributed by atoms with E-state index >= 15 is 0 Å². The SMILES string of the molecule is C[C@H]1CNCCN1CC(=O)NCc1ccccc1F. The molecule has 0 aromatic heterocycles. The molecule has 2 N–H and O–H groups in total. The zero-order valence-electron chi connectivity index (χ0n) is 11.2. The van der Waals surface area contributed by atoms with Crippen LogP contribution in [0.3, 0.4) is 0 Å². The molecule has 5 heteroatoms. The Balaban J connectivity index is 1.80. The van der Waals surface area contributed by atoms with Gasteiger partial charge >= 0.3 is 0 Å². The summed E-state index contributed by atoms with van der Waals surface area (Å²) in [5.74, 6) is -0.338. The molecule has 4 nitrogen and oxygen atoms in total. The summed E-state index contributed by atoms with van der Waals surface area (Å²) in [5, 5.41) is 6.05. The highest BCUT2D eigenvalue weighted by Gasteiger charge is 2.20. The maximum atomic E-state index is 13.4. The third kappa shape index (κ3) is 4.01. The number of nitrogens with one attached hydrogen (secondary N) is 2. The minimum atomic E-state index is -0.279. The molecule has 1 saturated heterocycles. The van der Waals surface area contributed by atoms with Crippen LogP contribution in [0.5, 0.6) is 0 Å². The average Bonchev–Trinajstić information content (AvgIpc) is 2.40. The van der Waals surface area contributed by atoms with Crippen LogP contribution < -0.4 is 10.6 Å². The molecular weight excluding hydrogens is 245 g/mol. The van der Waals surface area contributed by atoms with Crippen molar-refractivity contribution in [2.24, 2.45) is 0 Å². The smallest absolute Gasteiger partial charge is 0.234 e. The summed E-state index contributed by atoms with van der Waals surface area (Å²) in [6, 6.07) is 6.85. The van der Waals surface area contributed by atoms with Crippen molar-refractivity contribution in [2.75, 3.05) is 26.2 Å². The van der Waals surface area contributed by atoms with E-state index in [0.29, 0.717) is 18.2 Å². The standard InChI is InChI=1S/C14H20FN3O/c1-11-8-16-6-7-18(11)10-14(19)17-9-12-4-2-3-5-13(12)15/h2-5,11,16H,6-10H2,1H3,(H,17,19)/t11-/m0/s1. The summed E-state index contributed by atoms with van der Waals surface area (Å²) in [7, 11) is 0. The normalized spacial score (nSPS) is 20.2. The molecule has 0 radical (unpaired) electrons. The predicted molar refractivity (Wildman–Crippen MR) is 72.2 cm³/mol. The van der Waals surface area contributed by atoms with E-state index < -0.39 is 0 Å². The number of nitrogens with zero attached hydrogens (tertiary/aromatic N) is 1. The lowest BCUT2D eigenvalue weighted by Crippen LogP contribution is -2.52. The Kier molecular flexibility index (Phi) is 4.87. The number of amides is 1. The summed E-state index contributed by atoms with van der Waals surface area (Å²) >= 11 is 0. The van der Waals surface area contributed by atoms with Gasteiger partial charge in [-0.15, -0.1) is 0 Å². The average molecular weight is 265 g/mol. The van der Waals surface area contributed by atoms with Crippen molar-refractivity contribution in [2.45, 2.75) is 19.5 Å². The van der Waals surface area contributed by atoms with E-state index in [4.69, 9.17) is 0 Å². The van der Waals surface area contributed by atoms with Crippen molar-refractivity contribution < 1.29 is 9.18 Å². The molecular formula is C14H20FN3O. The topological polar surface area (TPSA) is 44.4 Å². The number of benzene rings is 1. The van der Waals surface area contributed by atoms with Crippen LogP contribution in [0.15, 0.2) is 24.3 Å². The highest BCUT2D eigenvalue weighted by atomic mass is 19.1. The number of carbonyl (C=O) groups excluding carboxylic acids is 1. The minimum Gasteiger partial charge on any atom is -0.351 e. The van der Waals surface area contributed by atoms with Crippen LogP contribution in [0.25, 0.3) is 0 Å². The molecule has 1 amide bonds. The lowest BCUT2D eigenvalue weighted by atomic mass is 10.2. The van der Waals surface area contributed by atoms with Gasteiger partial charge in [-0.05, 0) is 13.0 Å². The van der Waals surface area contributed by atoms with Gasteiger partial charge in [0.1, 0.15) is 5.82 Å². The van der Waals surface area contributed by atoms with Crippen molar-refractivity contribution in [3.63, 3.8) is 0 Å². The molecule has 1 aromatic carbocycles.